The molecule has 2 aromatic rings. The van der Waals surface area contributed by atoms with Crippen LogP contribution in [0, 0.1) is 11.6 Å². The van der Waals surface area contributed by atoms with Crippen molar-refractivity contribution in [2.45, 2.75) is 6.61 Å². The van der Waals surface area contributed by atoms with Gasteiger partial charge in [0.15, 0.2) is 28.8 Å². The summed E-state index contributed by atoms with van der Waals surface area (Å²) in [7, 11) is 0. The topological polar surface area (TPSA) is 96.0 Å². The third-order valence-corrected chi connectivity index (χ3v) is 3.08. The number of rotatable bonds is 8. The van der Waals surface area contributed by atoms with Crippen molar-refractivity contribution in [3.05, 3.63) is 47.4 Å². The number of amides is 1. The van der Waals surface area contributed by atoms with Crippen molar-refractivity contribution in [2.24, 2.45) is 0 Å². The highest BCUT2D eigenvalue weighted by Gasteiger charge is 2.20. The van der Waals surface area contributed by atoms with Gasteiger partial charge in [0.05, 0.1) is 13.2 Å². The molecule has 0 unspecified atom stereocenters. The lowest BCUT2D eigenvalue weighted by molar-refractivity contribution is 0.0674. The predicted molar refractivity (Wildman–Crippen MR) is 77.3 cm³/mol. The number of hydrogen-bond acceptors (Lipinski definition) is 6. The lowest BCUT2D eigenvalue weighted by atomic mass is 10.3. The predicted octanol–water partition coefficient (Wildman–Crippen LogP) is 0.959. The van der Waals surface area contributed by atoms with Crippen molar-refractivity contribution >= 4 is 5.91 Å². The first-order valence-corrected chi connectivity index (χ1v) is 7.10. The normalized spacial score (nSPS) is 10.7. The Labute approximate surface area is 136 Å². The molecule has 0 saturated carbocycles. The zero-order chi connectivity index (χ0) is 17.5. The van der Waals surface area contributed by atoms with Gasteiger partial charge in [0, 0.05) is 19.2 Å². The quantitative estimate of drug-likeness (QED) is 0.742. The summed E-state index contributed by atoms with van der Waals surface area (Å²) in [6.45, 7) is -0.812. The average Bonchev–Trinajstić information content (AvgIpc) is 3.02. The Morgan fingerprint density at radius 3 is 2.42 bits per heavy atom. The maximum Gasteiger partial charge on any atom is 0.276 e. The van der Waals surface area contributed by atoms with Gasteiger partial charge in [-0.2, -0.15) is 0 Å². The van der Waals surface area contributed by atoms with Gasteiger partial charge in [-0.3, -0.25) is 4.79 Å². The molecule has 0 fully saturated rings. The van der Waals surface area contributed by atoms with Crippen LogP contribution in [-0.4, -0.2) is 52.5 Å². The molecular weight excluding hydrogens is 326 g/mol. The van der Waals surface area contributed by atoms with E-state index in [1.165, 1.54) is 17.0 Å². The second-order valence-corrected chi connectivity index (χ2v) is 4.76. The second-order valence-electron chi connectivity index (χ2n) is 4.76. The number of ether oxygens (including phenoxy) is 1. The molecule has 2 N–H and O–H groups in total. The summed E-state index contributed by atoms with van der Waals surface area (Å²) in [5, 5.41) is 21.4. The summed E-state index contributed by atoms with van der Waals surface area (Å²) >= 11 is 0. The Kier molecular flexibility index (Phi) is 6.21. The number of carbonyl (C=O) groups is 1. The Hall–Kier alpha value is -2.52. The van der Waals surface area contributed by atoms with Crippen molar-refractivity contribution in [2.75, 3.05) is 26.3 Å². The molecule has 130 valence electrons. The van der Waals surface area contributed by atoms with Crippen molar-refractivity contribution in [1.29, 1.82) is 0 Å². The number of hydrogen-bond donors (Lipinski definition) is 2. The fourth-order valence-corrected chi connectivity index (χ4v) is 1.96. The summed E-state index contributed by atoms with van der Waals surface area (Å²) in [5.74, 6) is -2.73. The fraction of sp³-hybridized carbons (Fsp3) is 0.333. The highest BCUT2D eigenvalue weighted by atomic mass is 19.1. The summed E-state index contributed by atoms with van der Waals surface area (Å²) in [4.78, 5) is 13.3. The Bertz CT molecular complexity index is 666. The molecule has 1 amide bonds. The first-order valence-electron chi connectivity index (χ1n) is 7.10. The van der Waals surface area contributed by atoms with Crippen LogP contribution in [0.3, 0.4) is 0 Å². The molecule has 24 heavy (non-hydrogen) atoms. The van der Waals surface area contributed by atoms with Gasteiger partial charge in [-0.25, -0.2) is 8.78 Å². The van der Waals surface area contributed by atoms with Crippen LogP contribution in [0.2, 0.25) is 0 Å². The van der Waals surface area contributed by atoms with Gasteiger partial charge in [-0.05, 0) is 12.1 Å². The SMILES string of the molecule is O=C(c1cc(COc2c(F)cccc2F)on1)N(CCO)CCO. The number of aliphatic hydroxyl groups is 2. The van der Waals surface area contributed by atoms with E-state index in [1.807, 2.05) is 0 Å². The zero-order valence-corrected chi connectivity index (χ0v) is 12.6. The monoisotopic (exact) mass is 342 g/mol. The minimum Gasteiger partial charge on any atom is -0.479 e. The number of carbonyl (C=O) groups excluding carboxylic acids is 1. The highest BCUT2D eigenvalue weighted by Crippen LogP contribution is 2.22. The van der Waals surface area contributed by atoms with Gasteiger partial charge >= 0.3 is 0 Å². The molecule has 0 aliphatic rings. The van der Waals surface area contributed by atoms with E-state index in [0.29, 0.717) is 0 Å². The molecule has 0 atom stereocenters. The van der Waals surface area contributed by atoms with Crippen LogP contribution in [0.1, 0.15) is 16.2 Å². The molecule has 1 aromatic heterocycles. The lowest BCUT2D eigenvalue weighted by Gasteiger charge is -2.18. The molecule has 1 aromatic carbocycles. The van der Waals surface area contributed by atoms with Crippen molar-refractivity contribution in [3.8, 4) is 5.75 Å². The standard InChI is InChI=1S/C15H16F2N2O5/c16-11-2-1-3-12(17)14(11)23-9-10-8-13(18-24-10)15(22)19(4-6-20)5-7-21/h1-3,8,20-21H,4-7,9H2. The Balaban J connectivity index is 2.03. The third-order valence-electron chi connectivity index (χ3n) is 3.08. The van der Waals surface area contributed by atoms with Crippen LogP contribution in [0.25, 0.3) is 0 Å². The van der Waals surface area contributed by atoms with Crippen LogP contribution >= 0.6 is 0 Å². The molecule has 0 bridgehead atoms. The molecule has 2 rings (SSSR count). The third kappa shape index (κ3) is 4.27. The smallest absolute Gasteiger partial charge is 0.276 e. The molecule has 0 aliphatic heterocycles. The minimum absolute atomic E-state index is 0.0263. The molecule has 0 radical (unpaired) electrons. The van der Waals surface area contributed by atoms with Crippen LogP contribution in [0.5, 0.6) is 5.75 Å². The largest absolute Gasteiger partial charge is 0.479 e. The number of aliphatic hydroxyl groups excluding tert-OH is 2. The molecule has 7 nitrogen and oxygen atoms in total. The molecule has 0 aliphatic carbocycles. The van der Waals surface area contributed by atoms with E-state index in [-0.39, 0.29) is 44.4 Å². The van der Waals surface area contributed by atoms with Crippen molar-refractivity contribution in [3.63, 3.8) is 0 Å². The number of halogens is 2. The summed E-state index contributed by atoms with van der Waals surface area (Å²) in [5.41, 5.74) is -0.0653. The van der Waals surface area contributed by atoms with Crippen molar-refractivity contribution < 1.29 is 33.0 Å². The number of nitrogens with zero attached hydrogens (tertiary/aromatic N) is 2. The Morgan fingerprint density at radius 2 is 1.83 bits per heavy atom. The van der Waals surface area contributed by atoms with Gasteiger partial charge in [0.2, 0.25) is 0 Å². The van der Waals surface area contributed by atoms with Crippen LogP contribution < -0.4 is 4.74 Å². The van der Waals surface area contributed by atoms with E-state index >= 15 is 0 Å². The van der Waals surface area contributed by atoms with Crippen molar-refractivity contribution in [1.82, 2.24) is 10.1 Å². The van der Waals surface area contributed by atoms with E-state index in [2.05, 4.69) is 5.16 Å². The minimum atomic E-state index is -0.858. The molecule has 1 heterocycles. The van der Waals surface area contributed by atoms with Crippen LogP contribution in [0.4, 0.5) is 8.78 Å². The molecule has 0 spiro atoms. The van der Waals surface area contributed by atoms with E-state index < -0.39 is 23.3 Å². The van der Waals surface area contributed by atoms with Gasteiger partial charge in [0.25, 0.3) is 5.91 Å². The zero-order valence-electron chi connectivity index (χ0n) is 12.6. The number of benzene rings is 1. The van der Waals surface area contributed by atoms with E-state index in [9.17, 15) is 13.6 Å². The van der Waals surface area contributed by atoms with Gasteiger partial charge in [-0.15, -0.1) is 0 Å². The number of para-hydroxylation sites is 1. The first-order chi connectivity index (χ1) is 11.6. The van der Waals surface area contributed by atoms with Gasteiger partial charge in [0.1, 0.15) is 6.61 Å². The summed E-state index contributed by atoms with van der Waals surface area (Å²) in [6.07, 6.45) is 0. The maximum atomic E-state index is 13.4. The van der Waals surface area contributed by atoms with E-state index in [4.69, 9.17) is 19.5 Å². The first kappa shape index (κ1) is 17.8. The molecular formula is C15H16F2N2O5. The molecule has 9 heteroatoms. The Morgan fingerprint density at radius 1 is 1.21 bits per heavy atom. The fourth-order valence-electron chi connectivity index (χ4n) is 1.96. The van der Waals surface area contributed by atoms with Gasteiger partial charge in [-0.1, -0.05) is 11.2 Å². The highest BCUT2D eigenvalue weighted by molar-refractivity contribution is 5.92. The number of aromatic nitrogens is 1. The van der Waals surface area contributed by atoms with Gasteiger partial charge < -0.3 is 24.4 Å². The maximum absolute atomic E-state index is 13.4. The van der Waals surface area contributed by atoms with Crippen LogP contribution in [0.15, 0.2) is 28.8 Å². The van der Waals surface area contributed by atoms with E-state index in [0.717, 1.165) is 12.1 Å². The van der Waals surface area contributed by atoms with E-state index in [1.54, 1.807) is 0 Å². The second kappa shape index (κ2) is 8.37. The summed E-state index contributed by atoms with van der Waals surface area (Å²) in [6, 6.07) is 4.58. The average molecular weight is 342 g/mol. The van der Waals surface area contributed by atoms with Crippen LogP contribution in [-0.2, 0) is 6.61 Å². The molecule has 0 saturated heterocycles. The summed E-state index contributed by atoms with van der Waals surface area (Å²) < 4.78 is 36.8. The lowest BCUT2D eigenvalue weighted by Crippen LogP contribution is -2.36.